The van der Waals surface area contributed by atoms with Crippen molar-refractivity contribution in [1.29, 1.82) is 0 Å². The van der Waals surface area contributed by atoms with Gasteiger partial charge in [0.15, 0.2) is 6.29 Å². The van der Waals surface area contributed by atoms with Crippen LogP contribution in [-0.4, -0.2) is 79.2 Å². The second-order valence-electron chi connectivity index (χ2n) is 18.1. The van der Waals surface area contributed by atoms with E-state index in [1.54, 1.807) is 0 Å². The van der Waals surface area contributed by atoms with Crippen LogP contribution in [0.2, 0.25) is 0 Å². The van der Waals surface area contributed by atoms with E-state index in [0.717, 1.165) is 63.5 Å². The van der Waals surface area contributed by atoms with Crippen molar-refractivity contribution in [1.82, 2.24) is 4.90 Å². The highest BCUT2D eigenvalue weighted by molar-refractivity contribution is 5.29. The van der Waals surface area contributed by atoms with Crippen molar-refractivity contribution < 1.29 is 24.1 Å². The first-order valence-corrected chi connectivity index (χ1v) is 17.8. The molecule has 3 saturated heterocycles. The van der Waals surface area contributed by atoms with E-state index in [9.17, 15) is 5.11 Å². The highest BCUT2D eigenvalue weighted by Gasteiger charge is 2.81. The third-order valence-corrected chi connectivity index (χ3v) is 15.2. The summed E-state index contributed by atoms with van der Waals surface area (Å²) in [6.45, 7) is 18.6. The van der Waals surface area contributed by atoms with Crippen LogP contribution in [0.5, 0.6) is 0 Å². The maximum atomic E-state index is 10.6. The van der Waals surface area contributed by atoms with Crippen molar-refractivity contribution in [3.8, 4) is 0 Å². The fraction of sp³-hybridized carbons (Fsp3) is 1.00. The smallest absolute Gasteiger partial charge is 0.170 e. The minimum atomic E-state index is -0.654. The van der Waals surface area contributed by atoms with E-state index in [1.165, 1.54) is 51.4 Å². The Morgan fingerprint density at radius 3 is 2.52 bits per heavy atom. The number of fused-ring (bicyclic) bond motifs is 4. The monoisotopic (exact) mass is 585 g/mol. The zero-order chi connectivity index (χ0) is 29.3. The van der Waals surface area contributed by atoms with E-state index < -0.39 is 5.60 Å². The second kappa shape index (κ2) is 9.64. The van der Waals surface area contributed by atoms with Gasteiger partial charge in [-0.05, 0) is 123 Å². The Balaban J connectivity index is 0.980. The number of nitrogens with zero attached hydrogens (tertiary/aromatic N) is 1. The minimum Gasteiger partial charge on any atom is -0.390 e. The van der Waals surface area contributed by atoms with E-state index in [0.29, 0.717) is 40.2 Å². The van der Waals surface area contributed by atoms with E-state index >= 15 is 0 Å². The molecule has 0 aromatic heterocycles. The van der Waals surface area contributed by atoms with Crippen molar-refractivity contribution >= 4 is 0 Å². The first kappa shape index (κ1) is 29.2. The highest BCUT2D eigenvalue weighted by atomic mass is 16.7. The fourth-order valence-corrected chi connectivity index (χ4v) is 13.5. The van der Waals surface area contributed by atoms with Crippen LogP contribution in [-0.2, 0) is 18.9 Å². The standard InChI is InChI=1S/C36H59NO5/c1-22-15-24(17-32(2,3)38)41-27-16-26-25-7-8-28-33(4,5)29(42-30-18-37(13-14-40-30)23-19-39-20-23)9-10-36(28)21-35(25,36)12-11-34(26,6)31(22)27/h22-31,38H,7-21H2,1-6H3/t22-,24-,25?,26?,27-,28?,29?,30?,31?,34?,35?,36?/m1/s1. The van der Waals surface area contributed by atoms with Gasteiger partial charge in [0, 0.05) is 13.0 Å². The lowest BCUT2D eigenvalue weighted by Crippen LogP contribution is -2.58. The van der Waals surface area contributed by atoms with Crippen molar-refractivity contribution in [3.63, 3.8) is 0 Å². The normalized spacial score (nSPS) is 53.6. The van der Waals surface area contributed by atoms with E-state index in [2.05, 4.69) is 32.6 Å². The molecule has 3 aliphatic heterocycles. The van der Waals surface area contributed by atoms with Gasteiger partial charge in [-0.25, -0.2) is 0 Å². The number of rotatable bonds is 5. The lowest BCUT2D eigenvalue weighted by molar-refractivity contribution is -0.253. The van der Waals surface area contributed by atoms with Crippen LogP contribution in [0.25, 0.3) is 0 Å². The number of hydrogen-bond donors (Lipinski definition) is 1. The molecule has 0 aromatic rings. The van der Waals surface area contributed by atoms with E-state index in [-0.39, 0.29) is 23.9 Å². The second-order valence-corrected chi connectivity index (χ2v) is 18.1. The molecule has 6 heteroatoms. The first-order chi connectivity index (χ1) is 19.9. The number of ether oxygens (including phenoxy) is 4. The largest absolute Gasteiger partial charge is 0.390 e. The lowest BCUT2D eigenvalue weighted by atomic mass is 9.46. The van der Waals surface area contributed by atoms with Crippen LogP contribution < -0.4 is 0 Å². The number of morpholine rings is 1. The Labute approximate surface area is 254 Å². The maximum Gasteiger partial charge on any atom is 0.170 e. The van der Waals surface area contributed by atoms with Crippen molar-refractivity contribution in [2.45, 2.75) is 142 Å². The Kier molecular flexibility index (Phi) is 6.70. The van der Waals surface area contributed by atoms with Crippen molar-refractivity contribution in [3.05, 3.63) is 0 Å². The van der Waals surface area contributed by atoms with Crippen LogP contribution in [0, 0.1) is 51.2 Å². The van der Waals surface area contributed by atoms with Gasteiger partial charge < -0.3 is 24.1 Å². The van der Waals surface area contributed by atoms with Crippen molar-refractivity contribution in [2.75, 3.05) is 32.9 Å². The molecule has 2 spiro atoms. The van der Waals surface area contributed by atoms with Gasteiger partial charge in [0.25, 0.3) is 0 Å². The number of aliphatic hydroxyl groups is 1. The van der Waals surface area contributed by atoms with Crippen LogP contribution in [0.1, 0.15) is 106 Å². The predicted octanol–water partition coefficient (Wildman–Crippen LogP) is 6.04. The van der Waals surface area contributed by atoms with Crippen LogP contribution in [0.4, 0.5) is 0 Å². The minimum absolute atomic E-state index is 0.0957. The summed E-state index contributed by atoms with van der Waals surface area (Å²) in [5, 5.41) is 10.6. The summed E-state index contributed by atoms with van der Waals surface area (Å²) in [4.78, 5) is 2.53. The molecule has 238 valence electrons. The lowest BCUT2D eigenvalue weighted by Gasteiger charge is -2.60. The molecule has 5 saturated carbocycles. The van der Waals surface area contributed by atoms with Gasteiger partial charge >= 0.3 is 0 Å². The van der Waals surface area contributed by atoms with Gasteiger partial charge in [-0.2, -0.15) is 0 Å². The van der Waals surface area contributed by atoms with Gasteiger partial charge in [-0.1, -0.05) is 27.7 Å². The van der Waals surface area contributed by atoms with Gasteiger partial charge in [-0.15, -0.1) is 0 Å². The molecule has 0 amide bonds. The number of hydrogen-bond acceptors (Lipinski definition) is 6. The Morgan fingerprint density at radius 1 is 0.976 bits per heavy atom. The first-order valence-electron chi connectivity index (χ1n) is 17.8. The molecular formula is C36H59NO5. The van der Waals surface area contributed by atoms with Crippen LogP contribution >= 0.6 is 0 Å². The molecule has 0 bridgehead atoms. The summed E-state index contributed by atoms with van der Waals surface area (Å²) in [5.74, 6) is 3.81. The molecule has 42 heavy (non-hydrogen) atoms. The van der Waals surface area contributed by atoms with Crippen LogP contribution in [0.3, 0.4) is 0 Å². The quantitative estimate of drug-likeness (QED) is 0.425. The third kappa shape index (κ3) is 4.16. The van der Waals surface area contributed by atoms with Gasteiger partial charge in [-0.3, -0.25) is 4.90 Å². The highest BCUT2D eigenvalue weighted by Crippen LogP contribution is 2.87. The Morgan fingerprint density at radius 2 is 1.79 bits per heavy atom. The molecule has 9 unspecified atom stereocenters. The fourth-order valence-electron chi connectivity index (χ4n) is 13.5. The van der Waals surface area contributed by atoms with Crippen molar-refractivity contribution in [2.24, 2.45) is 51.2 Å². The molecule has 6 nitrogen and oxygen atoms in total. The van der Waals surface area contributed by atoms with Gasteiger partial charge in [0.05, 0.1) is 56.3 Å². The average molecular weight is 586 g/mol. The summed E-state index contributed by atoms with van der Waals surface area (Å²) in [6.07, 6.45) is 13.5. The summed E-state index contributed by atoms with van der Waals surface area (Å²) in [7, 11) is 0. The molecule has 8 rings (SSSR count). The molecule has 1 N–H and O–H groups in total. The van der Waals surface area contributed by atoms with Gasteiger partial charge in [0.2, 0.25) is 0 Å². The summed E-state index contributed by atoms with van der Waals surface area (Å²) < 4.78 is 25.5. The molecule has 0 aromatic carbocycles. The van der Waals surface area contributed by atoms with Gasteiger partial charge in [0.1, 0.15) is 0 Å². The predicted molar refractivity (Wildman–Crippen MR) is 162 cm³/mol. The summed E-state index contributed by atoms with van der Waals surface area (Å²) in [5.41, 5.74) is 1.05. The Hall–Kier alpha value is -0.240. The molecular weight excluding hydrogens is 526 g/mol. The van der Waals surface area contributed by atoms with E-state index in [4.69, 9.17) is 18.9 Å². The molecule has 8 aliphatic rings. The average Bonchev–Trinajstić information content (AvgIpc) is 3.43. The molecule has 5 aliphatic carbocycles. The maximum absolute atomic E-state index is 10.6. The van der Waals surface area contributed by atoms with E-state index in [1.807, 2.05) is 13.8 Å². The van der Waals surface area contributed by atoms with Crippen LogP contribution in [0.15, 0.2) is 0 Å². The summed E-state index contributed by atoms with van der Waals surface area (Å²) in [6, 6.07) is 0.557. The zero-order valence-corrected chi connectivity index (χ0v) is 27.4. The molecule has 8 fully saturated rings. The zero-order valence-electron chi connectivity index (χ0n) is 27.4. The third-order valence-electron chi connectivity index (χ3n) is 15.2. The SMILES string of the molecule is C[C@@H]1C[C@H](CC(C)(C)O)O[C@@H]2CC3C4CCC5C(C)(C)C(OC6CN(C7COC7)CCO6)CCC56CC46CCC3(C)C12. The summed E-state index contributed by atoms with van der Waals surface area (Å²) >= 11 is 0. The molecule has 12 atom stereocenters. The molecule has 3 heterocycles. The Bertz CT molecular complexity index is 1050. The topological polar surface area (TPSA) is 60.4 Å². The molecule has 0 radical (unpaired) electrons.